The summed E-state index contributed by atoms with van der Waals surface area (Å²) < 4.78 is 12.1. The van der Waals surface area contributed by atoms with Crippen molar-refractivity contribution >= 4 is 31.9 Å². The van der Waals surface area contributed by atoms with Crippen LogP contribution in [0.3, 0.4) is 0 Å². The number of hydrogen-bond acceptors (Lipinski definition) is 3. The van der Waals surface area contributed by atoms with E-state index in [0.717, 1.165) is 34.4 Å². The first-order valence-electron chi connectivity index (χ1n) is 4.90. The number of benzene rings is 1. The van der Waals surface area contributed by atoms with Gasteiger partial charge in [0.2, 0.25) is 0 Å². The Morgan fingerprint density at radius 2 is 1.81 bits per heavy atom. The second kappa shape index (κ2) is 7.27. The van der Waals surface area contributed by atoms with Crippen LogP contribution in [0.1, 0.15) is 5.56 Å². The summed E-state index contributed by atoms with van der Waals surface area (Å²) in [6, 6.07) is 4.09. The first kappa shape index (κ1) is 14.0. The molecule has 0 aliphatic carbocycles. The van der Waals surface area contributed by atoms with Gasteiger partial charge in [-0.25, -0.2) is 0 Å². The molecule has 0 unspecified atom stereocenters. The minimum Gasteiger partial charge on any atom is -0.494 e. The van der Waals surface area contributed by atoms with Crippen molar-refractivity contribution in [1.29, 1.82) is 0 Å². The average molecular weight is 353 g/mol. The lowest BCUT2D eigenvalue weighted by molar-refractivity contribution is 0.199. The van der Waals surface area contributed by atoms with E-state index in [1.807, 2.05) is 12.1 Å². The first-order valence-corrected chi connectivity index (χ1v) is 6.49. The van der Waals surface area contributed by atoms with Crippen LogP contribution in [0.25, 0.3) is 0 Å². The zero-order valence-electron chi connectivity index (χ0n) is 9.35. The molecule has 1 rings (SSSR count). The number of nitrogens with one attached hydrogen (secondary N) is 1. The second-order valence-corrected chi connectivity index (χ2v) is 4.97. The predicted octanol–water partition coefficient (Wildman–Crippen LogP) is 2.96. The van der Waals surface area contributed by atoms with Gasteiger partial charge in [0.25, 0.3) is 0 Å². The van der Waals surface area contributed by atoms with Crippen LogP contribution in [0.4, 0.5) is 0 Å². The summed E-state index contributed by atoms with van der Waals surface area (Å²) in [5, 5.41) is 3.29. The maximum absolute atomic E-state index is 5.24. The molecular formula is C11H15Br2NO2. The summed E-state index contributed by atoms with van der Waals surface area (Å²) in [4.78, 5) is 0. The van der Waals surface area contributed by atoms with Crippen LogP contribution in [0.2, 0.25) is 0 Å². The molecule has 0 aliphatic rings. The van der Waals surface area contributed by atoms with Crippen molar-refractivity contribution in [3.8, 4) is 5.75 Å². The summed E-state index contributed by atoms with van der Waals surface area (Å²) in [6.07, 6.45) is 0. The lowest BCUT2D eigenvalue weighted by Crippen LogP contribution is -2.18. The van der Waals surface area contributed by atoms with E-state index in [-0.39, 0.29) is 0 Å². The van der Waals surface area contributed by atoms with Gasteiger partial charge in [-0.3, -0.25) is 0 Å². The number of ether oxygens (including phenoxy) is 2. The zero-order chi connectivity index (χ0) is 12.0. The van der Waals surface area contributed by atoms with Crippen LogP contribution in [0.15, 0.2) is 21.1 Å². The van der Waals surface area contributed by atoms with Crippen molar-refractivity contribution in [2.45, 2.75) is 6.54 Å². The average Bonchev–Trinajstić information content (AvgIpc) is 2.24. The zero-order valence-corrected chi connectivity index (χ0v) is 12.5. The molecule has 16 heavy (non-hydrogen) atoms. The minimum absolute atomic E-state index is 0.721. The molecule has 0 aliphatic heterocycles. The van der Waals surface area contributed by atoms with E-state index >= 15 is 0 Å². The highest BCUT2D eigenvalue weighted by Gasteiger charge is 2.07. The highest BCUT2D eigenvalue weighted by molar-refractivity contribution is 9.11. The molecule has 0 aromatic heterocycles. The summed E-state index contributed by atoms with van der Waals surface area (Å²) in [6.45, 7) is 2.38. The van der Waals surface area contributed by atoms with Crippen molar-refractivity contribution in [2.75, 3.05) is 27.4 Å². The highest BCUT2D eigenvalue weighted by Crippen LogP contribution is 2.34. The molecule has 0 radical (unpaired) electrons. The monoisotopic (exact) mass is 351 g/mol. The Hall–Kier alpha value is -0.100. The highest BCUT2D eigenvalue weighted by atomic mass is 79.9. The molecule has 0 saturated heterocycles. The fourth-order valence-electron chi connectivity index (χ4n) is 1.32. The van der Waals surface area contributed by atoms with E-state index in [1.165, 1.54) is 5.56 Å². The van der Waals surface area contributed by atoms with E-state index < -0.39 is 0 Å². The summed E-state index contributed by atoms with van der Waals surface area (Å²) in [5.74, 6) is 0.820. The van der Waals surface area contributed by atoms with E-state index in [9.17, 15) is 0 Å². The molecule has 1 aromatic carbocycles. The molecule has 3 nitrogen and oxygen atoms in total. The Kier molecular flexibility index (Phi) is 6.34. The maximum Gasteiger partial charge on any atom is 0.147 e. The predicted molar refractivity (Wildman–Crippen MR) is 72.0 cm³/mol. The van der Waals surface area contributed by atoms with Crippen molar-refractivity contribution in [3.05, 3.63) is 26.6 Å². The number of hydrogen-bond donors (Lipinski definition) is 1. The van der Waals surface area contributed by atoms with E-state index in [4.69, 9.17) is 9.47 Å². The number of methoxy groups -OCH3 is 2. The molecule has 1 aromatic rings. The molecule has 90 valence electrons. The lowest BCUT2D eigenvalue weighted by Gasteiger charge is -2.10. The number of rotatable bonds is 6. The molecule has 0 fully saturated rings. The van der Waals surface area contributed by atoms with Gasteiger partial charge in [-0.15, -0.1) is 0 Å². The van der Waals surface area contributed by atoms with Crippen molar-refractivity contribution in [3.63, 3.8) is 0 Å². The lowest BCUT2D eigenvalue weighted by atomic mass is 10.2. The normalized spacial score (nSPS) is 10.5. The largest absolute Gasteiger partial charge is 0.494 e. The third-order valence-corrected chi connectivity index (χ3v) is 3.25. The molecular weight excluding hydrogens is 338 g/mol. The summed E-state index contributed by atoms with van der Waals surface area (Å²) in [5.41, 5.74) is 1.19. The van der Waals surface area contributed by atoms with Crippen LogP contribution in [0, 0.1) is 0 Å². The van der Waals surface area contributed by atoms with E-state index in [1.54, 1.807) is 14.2 Å². The molecule has 0 atom stereocenters. The Balaban J connectivity index is 2.61. The molecule has 0 saturated carbocycles. The Morgan fingerprint density at radius 1 is 1.19 bits per heavy atom. The quantitative estimate of drug-likeness (QED) is 0.798. The van der Waals surface area contributed by atoms with Crippen molar-refractivity contribution in [1.82, 2.24) is 5.32 Å². The van der Waals surface area contributed by atoms with E-state index in [0.29, 0.717) is 0 Å². The summed E-state index contributed by atoms with van der Waals surface area (Å²) in [7, 11) is 3.35. The third kappa shape index (κ3) is 4.05. The van der Waals surface area contributed by atoms with Gasteiger partial charge in [0.05, 0.1) is 22.7 Å². The second-order valence-electron chi connectivity index (χ2n) is 3.26. The fraction of sp³-hybridized carbons (Fsp3) is 0.455. The van der Waals surface area contributed by atoms with Gasteiger partial charge in [-0.05, 0) is 49.6 Å². The molecule has 0 spiro atoms. The van der Waals surface area contributed by atoms with Gasteiger partial charge in [-0.1, -0.05) is 0 Å². The van der Waals surface area contributed by atoms with Gasteiger partial charge in [0.1, 0.15) is 5.75 Å². The van der Waals surface area contributed by atoms with Crippen LogP contribution >= 0.6 is 31.9 Å². The fourth-order valence-corrected chi connectivity index (χ4v) is 2.92. The van der Waals surface area contributed by atoms with Crippen LogP contribution < -0.4 is 10.1 Å². The Morgan fingerprint density at radius 3 is 2.31 bits per heavy atom. The van der Waals surface area contributed by atoms with Gasteiger partial charge in [0.15, 0.2) is 0 Å². The molecule has 0 bridgehead atoms. The van der Waals surface area contributed by atoms with Crippen LogP contribution in [-0.2, 0) is 11.3 Å². The topological polar surface area (TPSA) is 30.5 Å². The molecule has 5 heteroatoms. The standard InChI is InChI=1S/C11H15Br2NO2/c1-15-4-3-14-7-8-5-9(12)11(16-2)10(13)6-8/h5-6,14H,3-4,7H2,1-2H3. The van der Waals surface area contributed by atoms with E-state index in [2.05, 4.69) is 37.2 Å². The van der Waals surface area contributed by atoms with Gasteiger partial charge in [0, 0.05) is 20.2 Å². The summed E-state index contributed by atoms with van der Waals surface area (Å²) >= 11 is 6.95. The smallest absolute Gasteiger partial charge is 0.147 e. The van der Waals surface area contributed by atoms with Gasteiger partial charge in [-0.2, -0.15) is 0 Å². The molecule has 0 amide bonds. The SMILES string of the molecule is COCCNCc1cc(Br)c(OC)c(Br)c1. The van der Waals surface area contributed by atoms with Crippen LogP contribution in [0.5, 0.6) is 5.75 Å². The Labute approximate surface area is 113 Å². The van der Waals surface area contributed by atoms with Gasteiger partial charge >= 0.3 is 0 Å². The van der Waals surface area contributed by atoms with Gasteiger partial charge < -0.3 is 14.8 Å². The van der Waals surface area contributed by atoms with Crippen LogP contribution in [-0.4, -0.2) is 27.4 Å². The molecule has 0 heterocycles. The maximum atomic E-state index is 5.24. The first-order chi connectivity index (χ1) is 7.69. The van der Waals surface area contributed by atoms with Crippen molar-refractivity contribution < 1.29 is 9.47 Å². The number of halogens is 2. The molecule has 1 N–H and O–H groups in total. The minimum atomic E-state index is 0.721. The van der Waals surface area contributed by atoms with Crippen molar-refractivity contribution in [2.24, 2.45) is 0 Å². The Bertz CT molecular complexity index is 322. The third-order valence-electron chi connectivity index (χ3n) is 2.07.